The van der Waals surface area contributed by atoms with Crippen molar-refractivity contribution in [3.8, 4) is 0 Å². The minimum absolute atomic E-state index is 0.0284. The number of hydrogen-bond acceptors (Lipinski definition) is 5. The van der Waals surface area contributed by atoms with Gasteiger partial charge in [0.1, 0.15) is 0 Å². The standard InChI is InChI=1S/C33H38Cl2N4O3S/c34-30-15-14-29(23-31(30)35)43(41,42)39-28(11-8-24-6-2-3-7-32(24)39)22-33(40)36-25-9-12-26(13-10-25)38-20-16-27(17-21-38)37-18-4-1-5-19-37/h2-3,6-7,9-10,12-15,23,27-28H,1,4-5,8,11,16-22H2,(H,36,40). The summed E-state index contributed by atoms with van der Waals surface area (Å²) in [6.07, 6.45) is 7.62. The number of para-hydroxylation sites is 1. The van der Waals surface area contributed by atoms with E-state index >= 15 is 0 Å². The molecule has 3 aromatic carbocycles. The third kappa shape index (κ3) is 6.68. The number of nitrogens with one attached hydrogen (secondary N) is 1. The van der Waals surface area contributed by atoms with Gasteiger partial charge in [0.05, 0.1) is 26.7 Å². The number of halogens is 2. The van der Waals surface area contributed by atoms with Gasteiger partial charge < -0.3 is 15.1 Å². The summed E-state index contributed by atoms with van der Waals surface area (Å²) in [5.74, 6) is -0.228. The molecule has 0 aromatic heterocycles. The number of nitrogens with zero attached hydrogens (tertiary/aromatic N) is 3. The SMILES string of the molecule is O=C(CC1CCc2ccccc2N1S(=O)(=O)c1ccc(Cl)c(Cl)c1)Nc1ccc(N2CCC(N3CCCCC3)CC2)cc1. The van der Waals surface area contributed by atoms with Crippen molar-refractivity contribution < 1.29 is 13.2 Å². The molecule has 10 heteroatoms. The van der Waals surface area contributed by atoms with Crippen LogP contribution in [0, 0.1) is 0 Å². The molecule has 43 heavy (non-hydrogen) atoms. The Bertz CT molecular complexity index is 1550. The van der Waals surface area contributed by atoms with Gasteiger partial charge in [-0.05, 0) is 106 Å². The first-order valence-corrected chi connectivity index (χ1v) is 17.5. The molecule has 3 heterocycles. The average molecular weight is 642 g/mol. The Labute approximate surface area is 264 Å². The van der Waals surface area contributed by atoms with Crippen molar-refractivity contribution in [2.75, 3.05) is 40.7 Å². The highest BCUT2D eigenvalue weighted by atomic mass is 35.5. The molecule has 0 saturated carbocycles. The summed E-state index contributed by atoms with van der Waals surface area (Å²) in [6.45, 7) is 4.57. The van der Waals surface area contributed by atoms with Gasteiger partial charge in [0, 0.05) is 36.9 Å². The zero-order valence-corrected chi connectivity index (χ0v) is 26.5. The molecule has 2 saturated heterocycles. The van der Waals surface area contributed by atoms with E-state index in [1.807, 2.05) is 30.3 Å². The number of rotatable bonds is 7. The molecule has 1 atom stereocenters. The van der Waals surface area contributed by atoms with Crippen LogP contribution in [0.5, 0.6) is 0 Å². The number of anilines is 3. The molecule has 0 aliphatic carbocycles. The Morgan fingerprint density at radius 1 is 0.837 bits per heavy atom. The van der Waals surface area contributed by atoms with E-state index in [9.17, 15) is 13.2 Å². The van der Waals surface area contributed by atoms with Gasteiger partial charge >= 0.3 is 0 Å². The summed E-state index contributed by atoms with van der Waals surface area (Å²) < 4.78 is 29.3. The van der Waals surface area contributed by atoms with Crippen molar-refractivity contribution in [1.29, 1.82) is 0 Å². The molecule has 0 bridgehead atoms. The van der Waals surface area contributed by atoms with Gasteiger partial charge in [-0.15, -0.1) is 0 Å². The van der Waals surface area contributed by atoms with Crippen molar-refractivity contribution in [2.24, 2.45) is 0 Å². The minimum Gasteiger partial charge on any atom is -0.371 e. The number of benzene rings is 3. The van der Waals surface area contributed by atoms with Crippen LogP contribution in [0.15, 0.2) is 71.6 Å². The fourth-order valence-electron chi connectivity index (χ4n) is 6.79. The first-order valence-electron chi connectivity index (χ1n) is 15.3. The Morgan fingerprint density at radius 2 is 1.56 bits per heavy atom. The molecule has 0 radical (unpaired) electrons. The maximum atomic E-state index is 13.9. The minimum atomic E-state index is -4.01. The molecule has 1 unspecified atom stereocenters. The Hall–Kier alpha value is -2.78. The number of likely N-dealkylation sites (tertiary alicyclic amines) is 1. The fourth-order valence-corrected chi connectivity index (χ4v) is 8.90. The van der Waals surface area contributed by atoms with Crippen LogP contribution < -0.4 is 14.5 Å². The number of sulfonamides is 1. The van der Waals surface area contributed by atoms with Crippen LogP contribution in [-0.2, 0) is 21.2 Å². The van der Waals surface area contributed by atoms with E-state index in [1.54, 1.807) is 6.07 Å². The van der Waals surface area contributed by atoms with Gasteiger partial charge in [-0.2, -0.15) is 0 Å². The van der Waals surface area contributed by atoms with E-state index in [0.717, 1.165) is 24.3 Å². The van der Waals surface area contributed by atoms with Crippen molar-refractivity contribution in [1.82, 2.24) is 4.90 Å². The Balaban J connectivity index is 1.12. The summed E-state index contributed by atoms with van der Waals surface area (Å²) in [4.78, 5) is 18.4. The van der Waals surface area contributed by atoms with E-state index in [-0.39, 0.29) is 27.3 Å². The van der Waals surface area contributed by atoms with Crippen LogP contribution in [0.3, 0.4) is 0 Å². The van der Waals surface area contributed by atoms with Gasteiger partial charge in [0.25, 0.3) is 10.0 Å². The Morgan fingerprint density at radius 3 is 2.28 bits per heavy atom. The summed E-state index contributed by atoms with van der Waals surface area (Å²) in [5.41, 5.74) is 3.38. The monoisotopic (exact) mass is 640 g/mol. The second kappa shape index (κ2) is 13.1. The Kier molecular flexibility index (Phi) is 9.19. The lowest BCUT2D eigenvalue weighted by Gasteiger charge is -2.41. The normalized spacial score (nSPS) is 20.1. The van der Waals surface area contributed by atoms with E-state index in [0.29, 0.717) is 30.3 Å². The van der Waals surface area contributed by atoms with Crippen LogP contribution in [0.25, 0.3) is 0 Å². The number of piperidine rings is 2. The lowest BCUT2D eigenvalue weighted by molar-refractivity contribution is -0.116. The van der Waals surface area contributed by atoms with E-state index in [4.69, 9.17) is 23.2 Å². The molecule has 3 aromatic rings. The van der Waals surface area contributed by atoms with Crippen molar-refractivity contribution in [3.05, 3.63) is 82.3 Å². The number of aryl methyl sites for hydroxylation is 1. The van der Waals surface area contributed by atoms with E-state index < -0.39 is 16.1 Å². The highest BCUT2D eigenvalue weighted by Gasteiger charge is 2.37. The quantitative estimate of drug-likeness (QED) is 0.301. The molecule has 3 aliphatic rings. The summed E-state index contributed by atoms with van der Waals surface area (Å²) in [7, 11) is -4.01. The zero-order chi connectivity index (χ0) is 30.0. The fraction of sp³-hybridized carbons (Fsp3) is 0.424. The zero-order valence-electron chi connectivity index (χ0n) is 24.2. The summed E-state index contributed by atoms with van der Waals surface area (Å²) in [6, 6.07) is 19.9. The number of carbonyl (C=O) groups excluding carboxylic acids is 1. The van der Waals surface area contributed by atoms with Gasteiger partial charge in [0.15, 0.2) is 0 Å². The van der Waals surface area contributed by atoms with Crippen LogP contribution in [0.4, 0.5) is 17.1 Å². The van der Waals surface area contributed by atoms with Crippen LogP contribution in [-0.4, -0.2) is 57.5 Å². The van der Waals surface area contributed by atoms with Gasteiger partial charge in [-0.25, -0.2) is 8.42 Å². The molecule has 7 nitrogen and oxygen atoms in total. The molecule has 2 fully saturated rings. The van der Waals surface area contributed by atoms with Crippen LogP contribution in [0.2, 0.25) is 10.0 Å². The first kappa shape index (κ1) is 30.3. The van der Waals surface area contributed by atoms with Crippen molar-refractivity contribution in [3.63, 3.8) is 0 Å². The third-order valence-electron chi connectivity index (χ3n) is 9.06. The third-order valence-corrected chi connectivity index (χ3v) is 11.7. The van der Waals surface area contributed by atoms with Crippen LogP contribution in [0.1, 0.15) is 50.5 Å². The number of carbonyl (C=O) groups is 1. The second-order valence-corrected chi connectivity index (χ2v) is 14.4. The maximum Gasteiger partial charge on any atom is 0.264 e. The lowest BCUT2D eigenvalue weighted by Crippen LogP contribution is -2.46. The smallest absolute Gasteiger partial charge is 0.264 e. The first-order chi connectivity index (χ1) is 20.8. The maximum absolute atomic E-state index is 13.9. The molecule has 6 rings (SSSR count). The number of hydrogen-bond donors (Lipinski definition) is 1. The highest BCUT2D eigenvalue weighted by molar-refractivity contribution is 7.92. The van der Waals surface area contributed by atoms with Gasteiger partial charge in [-0.3, -0.25) is 9.10 Å². The van der Waals surface area contributed by atoms with E-state index in [1.165, 1.54) is 67.7 Å². The van der Waals surface area contributed by atoms with Crippen LogP contribution >= 0.6 is 23.2 Å². The molecule has 228 valence electrons. The van der Waals surface area contributed by atoms with Gasteiger partial charge in [-0.1, -0.05) is 47.8 Å². The van der Waals surface area contributed by atoms with Crippen molar-refractivity contribution >= 4 is 56.2 Å². The lowest BCUT2D eigenvalue weighted by atomic mass is 9.96. The average Bonchev–Trinajstić information content (AvgIpc) is 3.03. The molecule has 1 N–H and O–H groups in total. The van der Waals surface area contributed by atoms with E-state index in [2.05, 4.69) is 27.2 Å². The molecular formula is C33H38Cl2N4O3S. The molecular weight excluding hydrogens is 603 g/mol. The number of fused-ring (bicyclic) bond motifs is 1. The number of amides is 1. The topological polar surface area (TPSA) is 73.0 Å². The predicted octanol–water partition coefficient (Wildman–Crippen LogP) is 6.99. The molecule has 1 amide bonds. The summed E-state index contributed by atoms with van der Waals surface area (Å²) in [5, 5.41) is 3.44. The van der Waals surface area contributed by atoms with Gasteiger partial charge in [0.2, 0.25) is 5.91 Å². The van der Waals surface area contributed by atoms with Crippen molar-refractivity contribution in [2.45, 2.75) is 68.3 Å². The molecule has 0 spiro atoms. The summed E-state index contributed by atoms with van der Waals surface area (Å²) >= 11 is 12.2. The largest absolute Gasteiger partial charge is 0.371 e. The molecule has 3 aliphatic heterocycles. The second-order valence-electron chi connectivity index (χ2n) is 11.8. The predicted molar refractivity (Wildman–Crippen MR) is 175 cm³/mol. The highest BCUT2D eigenvalue weighted by Crippen LogP contribution is 2.38.